The molecule has 1 aliphatic heterocycles. The standard InChI is InChI=1S/C22H25N3O2/c1-15-16(2)23-21-8-7-17(13-20(15)21)22(26)25-11-9-24(10-12-25)18-5-4-6-19(14-18)27-3/h4-8,13-14,23H,9-12H2,1-3H3. The van der Waals surface area contributed by atoms with Gasteiger partial charge in [0.05, 0.1) is 7.11 Å². The van der Waals surface area contributed by atoms with E-state index in [9.17, 15) is 4.79 Å². The lowest BCUT2D eigenvalue weighted by Crippen LogP contribution is -2.48. The van der Waals surface area contributed by atoms with Crippen LogP contribution in [0.15, 0.2) is 42.5 Å². The summed E-state index contributed by atoms with van der Waals surface area (Å²) in [4.78, 5) is 20.6. The monoisotopic (exact) mass is 363 g/mol. The summed E-state index contributed by atoms with van der Waals surface area (Å²) < 4.78 is 5.32. The van der Waals surface area contributed by atoms with Crippen LogP contribution >= 0.6 is 0 Å². The molecular weight excluding hydrogens is 338 g/mol. The summed E-state index contributed by atoms with van der Waals surface area (Å²) in [6.45, 7) is 7.25. The SMILES string of the molecule is COc1cccc(N2CCN(C(=O)c3ccc4[nH]c(C)c(C)c4c3)CC2)c1. The number of aromatic nitrogens is 1. The first kappa shape index (κ1) is 17.5. The van der Waals surface area contributed by atoms with E-state index in [1.54, 1.807) is 7.11 Å². The number of aryl methyl sites for hydroxylation is 2. The highest BCUT2D eigenvalue weighted by Gasteiger charge is 2.23. The Morgan fingerprint density at radius 3 is 2.56 bits per heavy atom. The second-order valence-corrected chi connectivity index (χ2v) is 7.12. The fourth-order valence-electron chi connectivity index (χ4n) is 3.75. The van der Waals surface area contributed by atoms with Crippen LogP contribution in [-0.4, -0.2) is 49.1 Å². The number of nitrogens with one attached hydrogen (secondary N) is 1. The third-order valence-electron chi connectivity index (χ3n) is 5.54. The van der Waals surface area contributed by atoms with Crippen LogP contribution in [0.25, 0.3) is 10.9 Å². The maximum Gasteiger partial charge on any atom is 0.253 e. The van der Waals surface area contributed by atoms with Crippen LogP contribution in [0.2, 0.25) is 0 Å². The van der Waals surface area contributed by atoms with Crippen molar-refractivity contribution in [3.63, 3.8) is 0 Å². The van der Waals surface area contributed by atoms with Crippen LogP contribution in [0, 0.1) is 13.8 Å². The van der Waals surface area contributed by atoms with E-state index in [2.05, 4.69) is 29.8 Å². The molecule has 2 heterocycles. The number of anilines is 1. The Hall–Kier alpha value is -2.95. The summed E-state index contributed by atoms with van der Waals surface area (Å²) in [5.74, 6) is 0.969. The molecule has 27 heavy (non-hydrogen) atoms. The zero-order chi connectivity index (χ0) is 19.0. The van der Waals surface area contributed by atoms with Crippen molar-refractivity contribution in [2.45, 2.75) is 13.8 Å². The van der Waals surface area contributed by atoms with Crippen molar-refractivity contribution in [2.75, 3.05) is 38.2 Å². The Morgan fingerprint density at radius 1 is 1.04 bits per heavy atom. The third-order valence-corrected chi connectivity index (χ3v) is 5.54. The van der Waals surface area contributed by atoms with E-state index >= 15 is 0 Å². The smallest absolute Gasteiger partial charge is 0.253 e. The molecule has 1 saturated heterocycles. The minimum absolute atomic E-state index is 0.112. The highest BCUT2D eigenvalue weighted by Crippen LogP contribution is 2.25. The Morgan fingerprint density at radius 2 is 1.81 bits per heavy atom. The van der Waals surface area contributed by atoms with Crippen LogP contribution in [0.1, 0.15) is 21.6 Å². The minimum atomic E-state index is 0.112. The van der Waals surface area contributed by atoms with Gasteiger partial charge in [0.15, 0.2) is 0 Å². The molecule has 1 aliphatic rings. The highest BCUT2D eigenvalue weighted by molar-refractivity contribution is 5.99. The number of nitrogens with zero attached hydrogens (tertiary/aromatic N) is 2. The van der Waals surface area contributed by atoms with E-state index in [4.69, 9.17) is 4.74 Å². The molecule has 0 bridgehead atoms. The largest absolute Gasteiger partial charge is 0.497 e. The number of H-pyrrole nitrogens is 1. The van der Waals surface area contributed by atoms with Crippen LogP contribution < -0.4 is 9.64 Å². The lowest BCUT2D eigenvalue weighted by Gasteiger charge is -2.36. The van der Waals surface area contributed by atoms with Crippen LogP contribution in [0.3, 0.4) is 0 Å². The molecule has 0 radical (unpaired) electrons. The average molecular weight is 363 g/mol. The van der Waals surface area contributed by atoms with Crippen molar-refractivity contribution < 1.29 is 9.53 Å². The number of hydrogen-bond donors (Lipinski definition) is 1. The number of carbonyl (C=O) groups excluding carboxylic acids is 1. The van der Waals surface area contributed by atoms with Gasteiger partial charge in [0.25, 0.3) is 5.91 Å². The Balaban J connectivity index is 1.47. The predicted molar refractivity (Wildman–Crippen MR) is 109 cm³/mol. The first-order valence-electron chi connectivity index (χ1n) is 9.34. The van der Waals surface area contributed by atoms with E-state index < -0.39 is 0 Å². The number of methoxy groups -OCH3 is 1. The molecule has 0 spiro atoms. The average Bonchev–Trinajstić information content (AvgIpc) is 3.01. The second-order valence-electron chi connectivity index (χ2n) is 7.12. The zero-order valence-corrected chi connectivity index (χ0v) is 16.1. The fourth-order valence-corrected chi connectivity index (χ4v) is 3.75. The lowest BCUT2D eigenvalue weighted by molar-refractivity contribution is 0.0747. The summed E-state index contributed by atoms with van der Waals surface area (Å²) in [6, 6.07) is 14.0. The molecule has 1 aromatic heterocycles. The van der Waals surface area contributed by atoms with Gasteiger partial charge < -0.3 is 19.5 Å². The zero-order valence-electron chi connectivity index (χ0n) is 16.1. The fraction of sp³-hybridized carbons (Fsp3) is 0.318. The number of rotatable bonds is 3. The second kappa shape index (κ2) is 6.99. The number of fused-ring (bicyclic) bond motifs is 1. The highest BCUT2D eigenvalue weighted by atomic mass is 16.5. The lowest BCUT2D eigenvalue weighted by atomic mass is 10.1. The molecule has 140 valence electrons. The number of ether oxygens (including phenoxy) is 1. The van der Waals surface area contributed by atoms with E-state index in [-0.39, 0.29) is 5.91 Å². The quantitative estimate of drug-likeness (QED) is 0.771. The maximum absolute atomic E-state index is 13.0. The third kappa shape index (κ3) is 3.25. The molecule has 3 aromatic rings. The van der Waals surface area contributed by atoms with E-state index in [1.165, 1.54) is 5.56 Å². The molecule has 1 amide bonds. The molecule has 0 atom stereocenters. The van der Waals surface area contributed by atoms with Gasteiger partial charge >= 0.3 is 0 Å². The van der Waals surface area contributed by atoms with Crippen molar-refractivity contribution in [1.29, 1.82) is 0 Å². The van der Waals surface area contributed by atoms with Gasteiger partial charge in [-0.15, -0.1) is 0 Å². The Kier molecular flexibility index (Phi) is 4.52. The number of aromatic amines is 1. The van der Waals surface area contributed by atoms with Crippen molar-refractivity contribution >= 4 is 22.5 Å². The van der Waals surface area contributed by atoms with E-state index in [0.29, 0.717) is 0 Å². The number of carbonyl (C=O) groups is 1. The van der Waals surface area contributed by atoms with Crippen molar-refractivity contribution in [3.05, 3.63) is 59.3 Å². The summed E-state index contributed by atoms with van der Waals surface area (Å²) in [5.41, 5.74) is 5.36. The van der Waals surface area contributed by atoms with Crippen molar-refractivity contribution in [3.8, 4) is 5.75 Å². The maximum atomic E-state index is 13.0. The first-order valence-corrected chi connectivity index (χ1v) is 9.34. The van der Waals surface area contributed by atoms with Crippen molar-refractivity contribution in [2.24, 2.45) is 0 Å². The molecule has 0 unspecified atom stereocenters. The van der Waals surface area contributed by atoms with E-state index in [1.807, 2.05) is 41.3 Å². The van der Waals surface area contributed by atoms with Gasteiger partial charge in [-0.3, -0.25) is 4.79 Å². The summed E-state index contributed by atoms with van der Waals surface area (Å²) in [7, 11) is 1.68. The molecule has 0 aliphatic carbocycles. The number of piperazine rings is 1. The Labute approximate surface area is 159 Å². The number of amides is 1. The first-order chi connectivity index (χ1) is 13.1. The van der Waals surface area contributed by atoms with Crippen LogP contribution in [-0.2, 0) is 0 Å². The van der Waals surface area contributed by atoms with E-state index in [0.717, 1.165) is 59.8 Å². The molecule has 1 N–H and O–H groups in total. The molecular formula is C22H25N3O2. The van der Waals surface area contributed by atoms with Gasteiger partial charge in [-0.1, -0.05) is 6.07 Å². The Bertz CT molecular complexity index is 984. The summed E-state index contributed by atoms with van der Waals surface area (Å²) in [5, 5.41) is 1.13. The van der Waals surface area contributed by atoms with Crippen LogP contribution in [0.4, 0.5) is 5.69 Å². The van der Waals surface area contributed by atoms with Gasteiger partial charge in [0.1, 0.15) is 5.75 Å². The van der Waals surface area contributed by atoms with Gasteiger partial charge in [0.2, 0.25) is 0 Å². The summed E-state index contributed by atoms with van der Waals surface area (Å²) >= 11 is 0. The number of hydrogen-bond acceptors (Lipinski definition) is 3. The molecule has 4 rings (SSSR count). The van der Waals surface area contributed by atoms with Gasteiger partial charge in [-0.25, -0.2) is 0 Å². The van der Waals surface area contributed by atoms with Gasteiger partial charge in [-0.2, -0.15) is 0 Å². The van der Waals surface area contributed by atoms with Crippen molar-refractivity contribution in [1.82, 2.24) is 9.88 Å². The molecule has 5 nitrogen and oxygen atoms in total. The van der Waals surface area contributed by atoms with Gasteiger partial charge in [-0.05, 0) is 49.7 Å². The topological polar surface area (TPSA) is 48.6 Å². The minimum Gasteiger partial charge on any atom is -0.497 e. The molecule has 2 aromatic carbocycles. The molecule has 1 fully saturated rings. The molecule has 5 heteroatoms. The predicted octanol–water partition coefficient (Wildman–Crippen LogP) is 3.76. The summed E-state index contributed by atoms with van der Waals surface area (Å²) in [6.07, 6.45) is 0. The van der Waals surface area contributed by atoms with Gasteiger partial charge in [0, 0.05) is 60.1 Å². The normalized spacial score (nSPS) is 14.6. The number of benzene rings is 2. The van der Waals surface area contributed by atoms with Crippen LogP contribution in [0.5, 0.6) is 5.75 Å². The molecule has 0 saturated carbocycles.